The molecule has 142 valence electrons. The van der Waals surface area contributed by atoms with Crippen molar-refractivity contribution >= 4 is 11.7 Å². The van der Waals surface area contributed by atoms with Crippen molar-refractivity contribution in [3.63, 3.8) is 0 Å². The number of carbonyl (C=O) groups is 2. The van der Waals surface area contributed by atoms with Crippen LogP contribution in [0.15, 0.2) is 42.5 Å². The monoisotopic (exact) mass is 370 g/mol. The molecule has 3 rings (SSSR count). The van der Waals surface area contributed by atoms with Gasteiger partial charge in [-0.1, -0.05) is 12.1 Å². The maximum absolute atomic E-state index is 13.4. The molecule has 0 aliphatic carbocycles. The lowest BCUT2D eigenvalue weighted by atomic mass is 10.1. The number of hydrogen-bond donors (Lipinski definition) is 0. The average Bonchev–Trinajstić information content (AvgIpc) is 2.70. The molecule has 0 atom stereocenters. The Morgan fingerprint density at radius 3 is 2.44 bits per heavy atom. The van der Waals surface area contributed by atoms with Crippen LogP contribution in [0.5, 0.6) is 5.75 Å². The summed E-state index contributed by atoms with van der Waals surface area (Å²) in [6.45, 7) is 4.24. The van der Waals surface area contributed by atoms with Crippen LogP contribution in [0.4, 0.5) is 4.39 Å². The van der Waals surface area contributed by atoms with E-state index in [2.05, 4.69) is 0 Å². The Hall–Kier alpha value is -2.73. The number of hydrogen-bond acceptors (Lipinski definition) is 4. The van der Waals surface area contributed by atoms with E-state index in [0.717, 1.165) is 0 Å². The first-order valence-electron chi connectivity index (χ1n) is 8.93. The van der Waals surface area contributed by atoms with Gasteiger partial charge in [0.05, 0.1) is 19.2 Å². The molecular weight excluding hydrogens is 347 g/mol. The van der Waals surface area contributed by atoms with Gasteiger partial charge in [-0.3, -0.25) is 14.5 Å². The second kappa shape index (κ2) is 8.31. The zero-order valence-corrected chi connectivity index (χ0v) is 15.6. The van der Waals surface area contributed by atoms with Crippen LogP contribution >= 0.6 is 0 Å². The molecule has 1 amide bonds. The summed E-state index contributed by atoms with van der Waals surface area (Å²) in [6.07, 6.45) is 0. The third-order valence-electron chi connectivity index (χ3n) is 4.84. The standard InChI is InChI=1S/C21H23FN2O3/c1-15-13-16(7-8-18(15)22)19(25)14-23-9-11-24(12-10-23)21(26)17-5-3-4-6-20(17)27-2/h3-8,13H,9-12,14H2,1-2H3. The quantitative estimate of drug-likeness (QED) is 0.760. The number of nitrogens with zero attached hydrogens (tertiary/aromatic N) is 2. The Bertz CT molecular complexity index is 845. The summed E-state index contributed by atoms with van der Waals surface area (Å²) in [7, 11) is 1.55. The third kappa shape index (κ3) is 4.34. The number of amides is 1. The molecule has 1 aliphatic heterocycles. The van der Waals surface area contributed by atoms with Gasteiger partial charge >= 0.3 is 0 Å². The lowest BCUT2D eigenvalue weighted by Gasteiger charge is -2.34. The molecule has 2 aromatic carbocycles. The highest BCUT2D eigenvalue weighted by Gasteiger charge is 2.25. The minimum absolute atomic E-state index is 0.0393. The second-order valence-electron chi connectivity index (χ2n) is 6.66. The van der Waals surface area contributed by atoms with Crippen molar-refractivity contribution in [1.82, 2.24) is 9.80 Å². The first-order chi connectivity index (χ1) is 13.0. The Kier molecular flexibility index (Phi) is 5.86. The summed E-state index contributed by atoms with van der Waals surface area (Å²) < 4.78 is 18.6. The van der Waals surface area contributed by atoms with Gasteiger partial charge in [-0.05, 0) is 42.8 Å². The van der Waals surface area contributed by atoms with Gasteiger partial charge in [0.1, 0.15) is 11.6 Å². The number of ketones is 1. The number of carbonyl (C=O) groups excluding carboxylic acids is 2. The average molecular weight is 370 g/mol. The van der Waals surface area contributed by atoms with Crippen molar-refractivity contribution < 1.29 is 18.7 Å². The number of methoxy groups -OCH3 is 1. The van der Waals surface area contributed by atoms with Crippen molar-refractivity contribution in [3.05, 3.63) is 65.0 Å². The molecule has 6 heteroatoms. The van der Waals surface area contributed by atoms with Gasteiger partial charge < -0.3 is 9.64 Å². The van der Waals surface area contributed by atoms with Crippen LogP contribution in [-0.4, -0.2) is 61.3 Å². The van der Waals surface area contributed by atoms with Crippen molar-refractivity contribution in [2.45, 2.75) is 6.92 Å². The van der Waals surface area contributed by atoms with Crippen molar-refractivity contribution in [3.8, 4) is 5.75 Å². The predicted octanol–water partition coefficient (Wildman–Crippen LogP) is 2.78. The van der Waals surface area contributed by atoms with E-state index in [1.165, 1.54) is 12.1 Å². The second-order valence-corrected chi connectivity index (χ2v) is 6.66. The van der Waals surface area contributed by atoms with Gasteiger partial charge in [0, 0.05) is 31.7 Å². The maximum Gasteiger partial charge on any atom is 0.257 e. The van der Waals surface area contributed by atoms with Crippen LogP contribution in [0.3, 0.4) is 0 Å². The molecule has 0 N–H and O–H groups in total. The van der Waals surface area contributed by atoms with E-state index in [1.54, 1.807) is 37.1 Å². The third-order valence-corrected chi connectivity index (χ3v) is 4.84. The largest absolute Gasteiger partial charge is 0.496 e. The van der Waals surface area contributed by atoms with Gasteiger partial charge in [-0.15, -0.1) is 0 Å². The smallest absolute Gasteiger partial charge is 0.257 e. The van der Waals surface area contributed by atoms with Crippen LogP contribution in [-0.2, 0) is 0 Å². The van der Waals surface area contributed by atoms with E-state index in [9.17, 15) is 14.0 Å². The van der Waals surface area contributed by atoms with Gasteiger partial charge in [-0.2, -0.15) is 0 Å². The van der Waals surface area contributed by atoms with Crippen LogP contribution in [0, 0.1) is 12.7 Å². The molecule has 1 fully saturated rings. The van der Waals surface area contributed by atoms with Crippen LogP contribution in [0.25, 0.3) is 0 Å². The number of halogens is 1. The first-order valence-corrected chi connectivity index (χ1v) is 8.93. The van der Waals surface area contributed by atoms with E-state index in [-0.39, 0.29) is 24.1 Å². The normalized spacial score (nSPS) is 14.9. The Morgan fingerprint density at radius 1 is 1.07 bits per heavy atom. The molecule has 2 aromatic rings. The number of rotatable bonds is 5. The molecule has 0 spiro atoms. The molecule has 5 nitrogen and oxygen atoms in total. The highest BCUT2D eigenvalue weighted by atomic mass is 19.1. The SMILES string of the molecule is COc1ccccc1C(=O)N1CCN(CC(=O)c2ccc(F)c(C)c2)CC1. The summed E-state index contributed by atoms with van der Waals surface area (Å²) in [5, 5.41) is 0. The highest BCUT2D eigenvalue weighted by Crippen LogP contribution is 2.20. The molecule has 0 aromatic heterocycles. The number of para-hydroxylation sites is 1. The number of Topliss-reactive ketones (excluding diaryl/α,β-unsaturated/α-hetero) is 1. The summed E-state index contributed by atoms with van der Waals surface area (Å²) in [6, 6.07) is 11.6. The number of piperazine rings is 1. The molecule has 27 heavy (non-hydrogen) atoms. The van der Waals surface area contributed by atoms with Gasteiger partial charge in [0.25, 0.3) is 5.91 Å². The van der Waals surface area contributed by atoms with Gasteiger partial charge in [0.2, 0.25) is 0 Å². The van der Waals surface area contributed by atoms with Crippen molar-refractivity contribution in [2.75, 3.05) is 39.8 Å². The van der Waals surface area contributed by atoms with E-state index in [4.69, 9.17) is 4.74 Å². The Balaban J connectivity index is 1.58. The summed E-state index contributed by atoms with van der Waals surface area (Å²) >= 11 is 0. The number of aryl methyl sites for hydroxylation is 1. The zero-order valence-electron chi connectivity index (χ0n) is 15.6. The molecule has 1 saturated heterocycles. The zero-order chi connectivity index (χ0) is 19.4. The van der Waals surface area contributed by atoms with E-state index >= 15 is 0 Å². The lowest BCUT2D eigenvalue weighted by Crippen LogP contribution is -2.50. The molecular formula is C21H23FN2O3. The Morgan fingerprint density at radius 2 is 1.78 bits per heavy atom. The minimum atomic E-state index is -0.310. The molecule has 0 saturated carbocycles. The fourth-order valence-electron chi connectivity index (χ4n) is 3.21. The molecule has 1 heterocycles. The highest BCUT2D eigenvalue weighted by molar-refractivity contribution is 5.98. The van der Waals surface area contributed by atoms with Crippen molar-refractivity contribution in [2.24, 2.45) is 0 Å². The summed E-state index contributed by atoms with van der Waals surface area (Å²) in [5.74, 6) is 0.150. The molecule has 0 unspecified atom stereocenters. The van der Waals surface area contributed by atoms with Crippen LogP contribution < -0.4 is 4.74 Å². The topological polar surface area (TPSA) is 49.9 Å². The fourth-order valence-corrected chi connectivity index (χ4v) is 3.21. The lowest BCUT2D eigenvalue weighted by molar-refractivity contribution is 0.0621. The Labute approximate surface area is 158 Å². The minimum Gasteiger partial charge on any atom is -0.496 e. The number of ether oxygens (including phenoxy) is 1. The first kappa shape index (κ1) is 19.0. The van der Waals surface area contributed by atoms with Crippen molar-refractivity contribution in [1.29, 1.82) is 0 Å². The predicted molar refractivity (Wildman–Crippen MR) is 101 cm³/mol. The number of benzene rings is 2. The van der Waals surface area contributed by atoms with Gasteiger partial charge in [0.15, 0.2) is 5.78 Å². The van der Waals surface area contributed by atoms with E-state index in [0.29, 0.717) is 48.6 Å². The molecule has 1 aliphatic rings. The maximum atomic E-state index is 13.4. The molecule has 0 radical (unpaired) electrons. The van der Waals surface area contributed by atoms with Gasteiger partial charge in [-0.25, -0.2) is 4.39 Å². The van der Waals surface area contributed by atoms with E-state index in [1.807, 2.05) is 17.0 Å². The van der Waals surface area contributed by atoms with Crippen LogP contribution in [0.1, 0.15) is 26.3 Å². The van der Waals surface area contributed by atoms with E-state index < -0.39 is 0 Å². The van der Waals surface area contributed by atoms with Crippen LogP contribution in [0.2, 0.25) is 0 Å². The fraction of sp³-hybridized carbons (Fsp3) is 0.333. The summed E-state index contributed by atoms with van der Waals surface area (Å²) in [5.41, 5.74) is 1.53. The summed E-state index contributed by atoms with van der Waals surface area (Å²) in [4.78, 5) is 29.0. The molecule has 0 bridgehead atoms.